The Morgan fingerprint density at radius 1 is 1.47 bits per heavy atom. The van der Waals surface area contributed by atoms with Crippen molar-refractivity contribution in [3.63, 3.8) is 0 Å². The van der Waals surface area contributed by atoms with Crippen LogP contribution in [0.25, 0.3) is 10.9 Å². The van der Waals surface area contributed by atoms with Gasteiger partial charge in [0.15, 0.2) is 0 Å². The fourth-order valence-electron chi connectivity index (χ4n) is 1.82. The molecule has 4 nitrogen and oxygen atoms in total. The lowest BCUT2D eigenvalue weighted by Gasteiger charge is -2.11. The predicted molar refractivity (Wildman–Crippen MR) is 79.1 cm³/mol. The van der Waals surface area contributed by atoms with Gasteiger partial charge in [-0.3, -0.25) is 15.1 Å². The van der Waals surface area contributed by atoms with Crippen molar-refractivity contribution < 1.29 is 4.92 Å². The van der Waals surface area contributed by atoms with Gasteiger partial charge in [-0.2, -0.15) is 0 Å². The van der Waals surface area contributed by atoms with Crippen molar-refractivity contribution in [1.82, 2.24) is 4.98 Å². The van der Waals surface area contributed by atoms with Crippen LogP contribution in [0.3, 0.4) is 0 Å². The van der Waals surface area contributed by atoms with Crippen molar-refractivity contribution in [3.8, 4) is 0 Å². The minimum absolute atomic E-state index is 0.0949. The maximum atomic E-state index is 11.0. The van der Waals surface area contributed by atoms with Crippen LogP contribution in [0.5, 0.6) is 0 Å². The molecule has 0 spiro atoms. The van der Waals surface area contributed by atoms with Crippen LogP contribution in [-0.2, 0) is 0 Å². The van der Waals surface area contributed by atoms with E-state index in [2.05, 4.69) is 11.9 Å². The molecule has 2 aromatic rings. The minimum Gasteiger partial charge on any atom is -0.258 e. The van der Waals surface area contributed by atoms with Gasteiger partial charge in [0, 0.05) is 28.3 Å². The number of nitro groups is 1. The van der Waals surface area contributed by atoms with Crippen molar-refractivity contribution in [2.45, 2.75) is 23.5 Å². The van der Waals surface area contributed by atoms with Gasteiger partial charge in [0.2, 0.25) is 0 Å². The zero-order valence-electron chi connectivity index (χ0n) is 10.4. The maximum absolute atomic E-state index is 11.0. The van der Waals surface area contributed by atoms with Gasteiger partial charge in [-0.1, -0.05) is 6.92 Å². The SMILES string of the molecule is CC(CCCl)Sc1ccc([N+](=O)[O-])c2cccnc12. The summed E-state index contributed by atoms with van der Waals surface area (Å²) >= 11 is 7.38. The number of nitrogens with zero attached hydrogens (tertiary/aromatic N) is 2. The van der Waals surface area contributed by atoms with Gasteiger partial charge in [-0.05, 0) is 24.6 Å². The molecule has 0 saturated carbocycles. The van der Waals surface area contributed by atoms with Gasteiger partial charge < -0.3 is 0 Å². The monoisotopic (exact) mass is 296 g/mol. The highest BCUT2D eigenvalue weighted by Crippen LogP contribution is 2.35. The molecule has 0 radical (unpaired) electrons. The van der Waals surface area contributed by atoms with E-state index in [1.807, 2.05) is 0 Å². The summed E-state index contributed by atoms with van der Waals surface area (Å²) in [4.78, 5) is 15.9. The normalized spacial score (nSPS) is 12.5. The molecular weight excluding hydrogens is 284 g/mol. The Morgan fingerprint density at radius 2 is 2.26 bits per heavy atom. The van der Waals surface area contributed by atoms with E-state index in [0.717, 1.165) is 11.3 Å². The van der Waals surface area contributed by atoms with Crippen molar-refractivity contribution >= 4 is 40.0 Å². The van der Waals surface area contributed by atoms with Gasteiger partial charge in [0.25, 0.3) is 5.69 Å². The number of aromatic nitrogens is 1. The summed E-state index contributed by atoms with van der Waals surface area (Å²) in [6.45, 7) is 2.09. The van der Waals surface area contributed by atoms with Gasteiger partial charge in [0.1, 0.15) is 0 Å². The number of non-ortho nitro benzene ring substituents is 1. The molecule has 0 aliphatic heterocycles. The predicted octanol–water partition coefficient (Wildman–Crippen LogP) is 4.25. The summed E-state index contributed by atoms with van der Waals surface area (Å²) < 4.78 is 0. The van der Waals surface area contributed by atoms with Crippen molar-refractivity contribution in [2.75, 3.05) is 5.88 Å². The standard InChI is InChI=1S/C13H13ClN2O2S/c1-9(6-7-14)19-12-5-4-11(16(17)18)10-3-2-8-15-13(10)12/h2-5,8-9H,6-7H2,1H3. The number of fused-ring (bicyclic) bond motifs is 1. The number of nitro benzene ring substituents is 1. The number of hydrogen-bond donors (Lipinski definition) is 0. The molecule has 0 aliphatic rings. The lowest BCUT2D eigenvalue weighted by Crippen LogP contribution is -1.98. The molecule has 1 atom stereocenters. The Labute approximate surface area is 120 Å². The number of benzene rings is 1. The third-order valence-electron chi connectivity index (χ3n) is 2.75. The van der Waals surface area contributed by atoms with Crippen LogP contribution in [-0.4, -0.2) is 21.0 Å². The van der Waals surface area contributed by atoms with Crippen molar-refractivity contribution in [3.05, 3.63) is 40.6 Å². The van der Waals surface area contributed by atoms with Crippen LogP contribution in [0.2, 0.25) is 0 Å². The molecule has 0 bridgehead atoms. The maximum Gasteiger partial charge on any atom is 0.278 e. The summed E-state index contributed by atoms with van der Waals surface area (Å²) in [5.74, 6) is 0.604. The first-order valence-corrected chi connectivity index (χ1v) is 7.29. The average Bonchev–Trinajstić information content (AvgIpc) is 2.39. The molecule has 2 rings (SSSR count). The quantitative estimate of drug-likeness (QED) is 0.358. The summed E-state index contributed by atoms with van der Waals surface area (Å²) in [5.41, 5.74) is 0.778. The van der Waals surface area contributed by atoms with Crippen molar-refractivity contribution in [1.29, 1.82) is 0 Å². The van der Waals surface area contributed by atoms with Gasteiger partial charge in [-0.15, -0.1) is 23.4 Å². The lowest BCUT2D eigenvalue weighted by molar-refractivity contribution is -0.383. The molecule has 1 aromatic heterocycles. The molecule has 0 aliphatic carbocycles. The molecule has 0 N–H and O–H groups in total. The molecule has 6 heteroatoms. The number of pyridine rings is 1. The summed E-state index contributed by atoms with van der Waals surface area (Å²) in [6.07, 6.45) is 2.54. The minimum atomic E-state index is -0.374. The third kappa shape index (κ3) is 3.16. The second-order valence-electron chi connectivity index (χ2n) is 4.15. The van der Waals surface area contributed by atoms with Crippen LogP contribution in [0.1, 0.15) is 13.3 Å². The van der Waals surface area contributed by atoms with E-state index in [1.165, 1.54) is 0 Å². The molecular formula is C13H13ClN2O2S. The lowest BCUT2D eigenvalue weighted by atomic mass is 10.2. The first-order valence-electron chi connectivity index (χ1n) is 5.88. The van der Waals surface area contributed by atoms with Crippen molar-refractivity contribution in [2.24, 2.45) is 0 Å². The van der Waals surface area contributed by atoms with E-state index in [4.69, 9.17) is 11.6 Å². The van der Waals surface area contributed by atoms with E-state index in [0.29, 0.717) is 22.0 Å². The Kier molecular flexibility index (Phi) is 4.61. The number of hydrogen-bond acceptors (Lipinski definition) is 4. The number of halogens is 1. The Balaban J connectivity index is 2.46. The smallest absolute Gasteiger partial charge is 0.258 e. The van der Waals surface area contributed by atoms with E-state index >= 15 is 0 Å². The highest BCUT2D eigenvalue weighted by Gasteiger charge is 2.16. The molecule has 0 amide bonds. The number of alkyl halides is 1. The zero-order valence-corrected chi connectivity index (χ0v) is 11.9. The van der Waals surface area contributed by atoms with Crippen LogP contribution >= 0.6 is 23.4 Å². The first kappa shape index (κ1) is 14.1. The summed E-state index contributed by atoms with van der Waals surface area (Å²) in [6, 6.07) is 6.76. The molecule has 0 saturated heterocycles. The van der Waals surface area contributed by atoms with Crippen LogP contribution in [0, 0.1) is 10.1 Å². The van der Waals surface area contributed by atoms with E-state index in [9.17, 15) is 10.1 Å². The van der Waals surface area contributed by atoms with Gasteiger partial charge >= 0.3 is 0 Å². The fraction of sp³-hybridized carbons (Fsp3) is 0.308. The van der Waals surface area contributed by atoms with E-state index in [-0.39, 0.29) is 10.6 Å². The fourth-order valence-corrected chi connectivity index (χ4v) is 3.36. The van der Waals surface area contributed by atoms with E-state index < -0.39 is 0 Å². The zero-order chi connectivity index (χ0) is 13.8. The van der Waals surface area contributed by atoms with Crippen LogP contribution < -0.4 is 0 Å². The molecule has 19 heavy (non-hydrogen) atoms. The van der Waals surface area contributed by atoms with Gasteiger partial charge in [-0.25, -0.2) is 0 Å². The van der Waals surface area contributed by atoms with E-state index in [1.54, 1.807) is 42.2 Å². The summed E-state index contributed by atoms with van der Waals surface area (Å²) in [5, 5.41) is 11.9. The topological polar surface area (TPSA) is 56.0 Å². The molecule has 100 valence electrons. The number of rotatable bonds is 5. The second-order valence-corrected chi connectivity index (χ2v) is 6.00. The van der Waals surface area contributed by atoms with Crippen LogP contribution in [0.4, 0.5) is 5.69 Å². The first-order chi connectivity index (χ1) is 9.13. The largest absolute Gasteiger partial charge is 0.278 e. The number of thioether (sulfide) groups is 1. The highest BCUT2D eigenvalue weighted by molar-refractivity contribution is 8.00. The Morgan fingerprint density at radius 3 is 2.95 bits per heavy atom. The average molecular weight is 297 g/mol. The second kappa shape index (κ2) is 6.21. The molecule has 1 unspecified atom stereocenters. The van der Waals surface area contributed by atoms with Crippen LogP contribution in [0.15, 0.2) is 35.4 Å². The third-order valence-corrected chi connectivity index (χ3v) is 4.19. The Bertz CT molecular complexity index is 606. The Hall–Kier alpha value is -1.33. The highest BCUT2D eigenvalue weighted by atomic mass is 35.5. The molecule has 1 heterocycles. The van der Waals surface area contributed by atoms with Gasteiger partial charge in [0.05, 0.1) is 15.8 Å². The molecule has 0 fully saturated rings. The molecule has 1 aromatic carbocycles. The summed E-state index contributed by atoms with van der Waals surface area (Å²) in [7, 11) is 0.